The first-order valence-corrected chi connectivity index (χ1v) is 8.42. The number of benzene rings is 1. The molecule has 9 heteroatoms. The number of carbonyl (C=O) groups excluding carboxylic acids is 2. The lowest BCUT2D eigenvalue weighted by Crippen LogP contribution is -2.57. The number of carbonyl (C=O) groups is 2. The summed E-state index contributed by atoms with van der Waals surface area (Å²) in [5.41, 5.74) is 0.0448. The number of ether oxygens (including phenoxy) is 3. The van der Waals surface area contributed by atoms with Gasteiger partial charge in [-0.15, -0.1) is 0 Å². The minimum atomic E-state index is -0.985. The van der Waals surface area contributed by atoms with Gasteiger partial charge in [0.05, 0.1) is 10.8 Å². The molecule has 0 radical (unpaired) electrons. The van der Waals surface area contributed by atoms with Crippen molar-refractivity contribution >= 4 is 17.7 Å². The monoisotopic (exact) mass is 376 g/mol. The second-order valence-electron chi connectivity index (χ2n) is 7.45. The highest BCUT2D eigenvalue weighted by atomic mass is 16.7. The normalized spacial score (nSPS) is 21.3. The predicted molar refractivity (Wildman–Crippen MR) is 91.7 cm³/mol. The third-order valence-corrected chi connectivity index (χ3v) is 4.33. The standard InChI is InChI=1S/C18H20N2O7/c1-10-14(21)19-15(10)26-13(18(2,3)4)16(19)27-17(22)25-9-11-5-7-12(8-6-11)20(23)24/h5-8,10,15H,9H2,1-4H3/t10?,15-/m0/s1. The maximum atomic E-state index is 12.1. The van der Waals surface area contributed by atoms with Gasteiger partial charge >= 0.3 is 6.16 Å². The Kier molecular flexibility index (Phi) is 4.54. The average molecular weight is 376 g/mol. The number of fused-ring (bicyclic) bond motifs is 1. The molecule has 0 N–H and O–H groups in total. The van der Waals surface area contributed by atoms with Crippen molar-refractivity contribution < 1.29 is 28.7 Å². The highest BCUT2D eigenvalue weighted by Gasteiger charge is 2.56. The summed E-state index contributed by atoms with van der Waals surface area (Å²) in [6.45, 7) is 7.28. The van der Waals surface area contributed by atoms with E-state index in [1.165, 1.54) is 29.2 Å². The van der Waals surface area contributed by atoms with Gasteiger partial charge in [0.1, 0.15) is 6.61 Å². The summed E-state index contributed by atoms with van der Waals surface area (Å²) in [7, 11) is 0. The zero-order valence-corrected chi connectivity index (χ0v) is 15.4. The molecule has 0 spiro atoms. The fourth-order valence-corrected chi connectivity index (χ4v) is 2.82. The van der Waals surface area contributed by atoms with Crippen molar-refractivity contribution in [3.8, 4) is 0 Å². The van der Waals surface area contributed by atoms with Gasteiger partial charge in [0.15, 0.2) is 12.0 Å². The third kappa shape index (κ3) is 3.44. The van der Waals surface area contributed by atoms with Crippen molar-refractivity contribution in [2.75, 3.05) is 0 Å². The van der Waals surface area contributed by atoms with Gasteiger partial charge in [0.25, 0.3) is 11.6 Å². The van der Waals surface area contributed by atoms with Crippen LogP contribution >= 0.6 is 0 Å². The van der Waals surface area contributed by atoms with Crippen LogP contribution in [0.25, 0.3) is 0 Å². The number of nitro benzene ring substituents is 1. The van der Waals surface area contributed by atoms with Crippen LogP contribution in [0.5, 0.6) is 0 Å². The molecule has 2 aliphatic rings. The Hall–Kier alpha value is -3.10. The van der Waals surface area contributed by atoms with Gasteiger partial charge in [-0.2, -0.15) is 0 Å². The van der Waals surface area contributed by atoms with Crippen LogP contribution in [0.2, 0.25) is 0 Å². The summed E-state index contributed by atoms with van der Waals surface area (Å²) < 4.78 is 16.1. The predicted octanol–water partition coefficient (Wildman–Crippen LogP) is 3.30. The van der Waals surface area contributed by atoms with E-state index >= 15 is 0 Å². The highest BCUT2D eigenvalue weighted by Crippen LogP contribution is 2.45. The van der Waals surface area contributed by atoms with E-state index in [0.717, 1.165) is 0 Å². The largest absolute Gasteiger partial charge is 0.515 e. The third-order valence-electron chi connectivity index (χ3n) is 4.33. The number of allylic oxidation sites excluding steroid dienone is 1. The number of amides is 1. The van der Waals surface area contributed by atoms with Gasteiger partial charge in [-0.3, -0.25) is 14.9 Å². The van der Waals surface area contributed by atoms with Crippen LogP contribution in [0.1, 0.15) is 33.3 Å². The van der Waals surface area contributed by atoms with E-state index in [0.29, 0.717) is 11.3 Å². The molecule has 2 atom stereocenters. The SMILES string of the molecule is CC1C(=O)N2C(OC(=O)OCc3ccc([N+](=O)[O-])cc3)=C(C(C)(C)C)O[C@@H]12. The fraction of sp³-hybridized carbons (Fsp3) is 0.444. The van der Waals surface area contributed by atoms with Crippen molar-refractivity contribution in [3.63, 3.8) is 0 Å². The summed E-state index contributed by atoms with van der Waals surface area (Å²) in [5, 5.41) is 10.6. The molecule has 1 aromatic carbocycles. The van der Waals surface area contributed by atoms with Gasteiger partial charge in [-0.05, 0) is 24.6 Å². The number of hydrogen-bond donors (Lipinski definition) is 0. The number of nitro groups is 1. The Morgan fingerprint density at radius 2 is 1.93 bits per heavy atom. The summed E-state index contributed by atoms with van der Waals surface area (Å²) in [6, 6.07) is 5.61. The second kappa shape index (κ2) is 6.57. The van der Waals surface area contributed by atoms with Crippen molar-refractivity contribution in [1.82, 2.24) is 4.90 Å². The number of β-lactam (4-membered cyclic amide) rings is 1. The van der Waals surface area contributed by atoms with Crippen molar-refractivity contribution in [1.29, 1.82) is 0 Å². The molecule has 1 aromatic rings. The van der Waals surface area contributed by atoms with Crippen LogP contribution in [0.4, 0.5) is 10.5 Å². The highest BCUT2D eigenvalue weighted by molar-refractivity contribution is 5.87. The second-order valence-corrected chi connectivity index (χ2v) is 7.45. The number of rotatable bonds is 4. The number of hydrogen-bond acceptors (Lipinski definition) is 7. The first-order valence-electron chi connectivity index (χ1n) is 8.42. The summed E-state index contributed by atoms with van der Waals surface area (Å²) in [5.74, 6) is -0.0150. The Labute approximate surface area is 155 Å². The minimum absolute atomic E-state index is 0.0548. The molecule has 3 rings (SSSR count). The lowest BCUT2D eigenvalue weighted by molar-refractivity contribution is -0.384. The van der Waals surface area contributed by atoms with E-state index in [-0.39, 0.29) is 30.0 Å². The minimum Gasteiger partial charge on any atom is -0.467 e. The molecule has 0 saturated carbocycles. The summed E-state index contributed by atoms with van der Waals surface area (Å²) in [4.78, 5) is 35.7. The smallest absolute Gasteiger partial charge is 0.467 e. The van der Waals surface area contributed by atoms with Crippen molar-refractivity contribution in [2.24, 2.45) is 11.3 Å². The molecular weight excluding hydrogens is 356 g/mol. The van der Waals surface area contributed by atoms with Gasteiger partial charge in [-0.1, -0.05) is 20.8 Å². The summed E-state index contributed by atoms with van der Waals surface area (Å²) >= 11 is 0. The van der Waals surface area contributed by atoms with E-state index in [1.807, 2.05) is 20.8 Å². The Morgan fingerprint density at radius 3 is 2.48 bits per heavy atom. The van der Waals surface area contributed by atoms with Gasteiger partial charge < -0.3 is 14.2 Å². The molecule has 9 nitrogen and oxygen atoms in total. The lowest BCUT2D eigenvalue weighted by Gasteiger charge is -2.38. The van der Waals surface area contributed by atoms with E-state index in [9.17, 15) is 19.7 Å². The molecule has 2 aliphatic heterocycles. The summed E-state index contributed by atoms with van der Waals surface area (Å²) in [6.07, 6.45) is -1.45. The Balaban J connectivity index is 1.66. The van der Waals surface area contributed by atoms with Crippen molar-refractivity contribution in [3.05, 3.63) is 51.6 Å². The molecule has 1 unspecified atom stereocenters. The fourth-order valence-electron chi connectivity index (χ4n) is 2.82. The zero-order valence-electron chi connectivity index (χ0n) is 15.4. The van der Waals surface area contributed by atoms with E-state index in [2.05, 4.69) is 0 Å². The molecule has 1 saturated heterocycles. The van der Waals surface area contributed by atoms with Gasteiger partial charge in [-0.25, -0.2) is 9.69 Å². The maximum Gasteiger partial charge on any atom is 0.515 e. The van der Waals surface area contributed by atoms with Gasteiger partial charge in [0, 0.05) is 17.5 Å². The van der Waals surface area contributed by atoms with Crippen molar-refractivity contribution in [2.45, 2.75) is 40.5 Å². The van der Waals surface area contributed by atoms with E-state index in [1.54, 1.807) is 6.92 Å². The number of non-ortho nitro benzene ring substituents is 1. The Morgan fingerprint density at radius 1 is 1.30 bits per heavy atom. The molecule has 27 heavy (non-hydrogen) atoms. The van der Waals surface area contributed by atoms with Crippen LogP contribution in [0.3, 0.4) is 0 Å². The Bertz CT molecular complexity index is 823. The van der Waals surface area contributed by atoms with Crippen LogP contribution in [0.15, 0.2) is 35.9 Å². The quantitative estimate of drug-likeness (QED) is 0.343. The van der Waals surface area contributed by atoms with Crippen LogP contribution in [-0.4, -0.2) is 28.1 Å². The molecule has 0 aromatic heterocycles. The maximum absolute atomic E-state index is 12.1. The first-order chi connectivity index (χ1) is 12.6. The molecular formula is C18H20N2O7. The van der Waals surface area contributed by atoms with Crippen LogP contribution in [0, 0.1) is 21.4 Å². The molecule has 144 valence electrons. The van der Waals surface area contributed by atoms with E-state index in [4.69, 9.17) is 14.2 Å². The van der Waals surface area contributed by atoms with Crippen LogP contribution < -0.4 is 0 Å². The van der Waals surface area contributed by atoms with E-state index < -0.39 is 22.7 Å². The molecule has 0 aliphatic carbocycles. The van der Waals surface area contributed by atoms with Gasteiger partial charge in [0.2, 0.25) is 5.91 Å². The topological polar surface area (TPSA) is 108 Å². The zero-order chi connectivity index (χ0) is 19.9. The number of nitrogens with zero attached hydrogens (tertiary/aromatic N) is 2. The van der Waals surface area contributed by atoms with Crippen LogP contribution in [-0.2, 0) is 25.6 Å². The first kappa shape index (κ1) is 18.7. The molecule has 1 amide bonds. The lowest BCUT2D eigenvalue weighted by atomic mass is 9.94. The molecule has 2 heterocycles. The molecule has 1 fully saturated rings. The average Bonchev–Trinajstić information content (AvgIpc) is 2.95. The molecule has 0 bridgehead atoms.